The molecule has 2 aromatic heterocycles. The summed E-state index contributed by atoms with van der Waals surface area (Å²) in [6, 6.07) is 1.64. The molecule has 0 saturated heterocycles. The van der Waals surface area contributed by atoms with Crippen LogP contribution in [0.3, 0.4) is 0 Å². The summed E-state index contributed by atoms with van der Waals surface area (Å²) < 4.78 is 7.84. The molecular weight excluding hydrogens is 324 g/mol. The molecule has 0 aliphatic rings. The molecule has 0 aliphatic carbocycles. The lowest BCUT2D eigenvalue weighted by atomic mass is 10.1. The van der Waals surface area contributed by atoms with Gasteiger partial charge in [-0.25, -0.2) is 9.97 Å². The fourth-order valence-corrected chi connectivity index (χ4v) is 2.44. The molecule has 1 unspecified atom stereocenters. The van der Waals surface area contributed by atoms with Crippen LogP contribution in [0.5, 0.6) is 5.88 Å². The molecule has 0 aromatic carbocycles. The second-order valence-corrected chi connectivity index (χ2v) is 5.16. The largest absolute Gasteiger partial charge is 0.481 e. The Hall–Kier alpha value is -1.47. The van der Waals surface area contributed by atoms with Gasteiger partial charge in [0, 0.05) is 19.0 Å². The van der Waals surface area contributed by atoms with Crippen LogP contribution in [0.25, 0.3) is 0 Å². The molecule has 0 saturated carbocycles. The van der Waals surface area contributed by atoms with Gasteiger partial charge in [0.25, 0.3) is 0 Å². The maximum atomic E-state index is 10.3. The van der Waals surface area contributed by atoms with Crippen molar-refractivity contribution in [2.24, 2.45) is 0 Å². The third kappa shape index (κ3) is 2.99. The van der Waals surface area contributed by atoms with Crippen LogP contribution in [-0.4, -0.2) is 32.0 Å². The number of methoxy groups -OCH3 is 1. The van der Waals surface area contributed by atoms with Crippen molar-refractivity contribution in [3.8, 4) is 5.88 Å². The van der Waals surface area contributed by atoms with Crippen molar-refractivity contribution >= 4 is 15.9 Å². The smallest absolute Gasteiger partial charge is 0.216 e. The number of hydrogen-bond acceptors (Lipinski definition) is 5. The first-order chi connectivity index (χ1) is 9.56. The van der Waals surface area contributed by atoms with Gasteiger partial charge in [-0.05, 0) is 29.8 Å². The van der Waals surface area contributed by atoms with Crippen LogP contribution in [-0.2, 0) is 13.0 Å². The van der Waals surface area contributed by atoms with Crippen LogP contribution in [0, 0.1) is 6.92 Å². The minimum atomic E-state index is -0.732. The third-order valence-electron chi connectivity index (χ3n) is 3.05. The highest BCUT2D eigenvalue weighted by atomic mass is 79.9. The molecule has 7 heteroatoms. The summed E-state index contributed by atoms with van der Waals surface area (Å²) in [7, 11) is 1.53. The van der Waals surface area contributed by atoms with E-state index in [1.165, 1.54) is 13.4 Å². The Kier molecular flexibility index (Phi) is 4.72. The van der Waals surface area contributed by atoms with Crippen molar-refractivity contribution in [1.29, 1.82) is 0 Å². The van der Waals surface area contributed by atoms with E-state index in [1.807, 2.05) is 18.5 Å². The van der Waals surface area contributed by atoms with Crippen LogP contribution in [0.2, 0.25) is 0 Å². The first kappa shape index (κ1) is 14.9. The molecule has 108 valence electrons. The van der Waals surface area contributed by atoms with Crippen molar-refractivity contribution in [1.82, 2.24) is 19.7 Å². The molecule has 0 amide bonds. The zero-order valence-electron chi connectivity index (χ0n) is 11.7. The quantitative estimate of drug-likeness (QED) is 0.901. The third-order valence-corrected chi connectivity index (χ3v) is 4.08. The highest BCUT2D eigenvalue weighted by Crippen LogP contribution is 2.26. The minimum absolute atomic E-state index is 0.426. The summed E-state index contributed by atoms with van der Waals surface area (Å²) in [5.74, 6) is 0.438. The van der Waals surface area contributed by atoms with Gasteiger partial charge in [0.1, 0.15) is 12.4 Å². The number of aliphatic hydroxyl groups excluding tert-OH is 1. The van der Waals surface area contributed by atoms with Crippen LogP contribution in [0.4, 0.5) is 0 Å². The van der Waals surface area contributed by atoms with E-state index in [4.69, 9.17) is 4.74 Å². The first-order valence-electron chi connectivity index (χ1n) is 6.32. The van der Waals surface area contributed by atoms with E-state index in [1.54, 1.807) is 6.07 Å². The Morgan fingerprint density at radius 3 is 2.85 bits per heavy atom. The van der Waals surface area contributed by atoms with E-state index in [0.29, 0.717) is 18.0 Å². The van der Waals surface area contributed by atoms with Gasteiger partial charge < -0.3 is 9.84 Å². The van der Waals surface area contributed by atoms with E-state index in [9.17, 15) is 5.11 Å². The predicted octanol–water partition coefficient (Wildman–Crippen LogP) is 2.05. The van der Waals surface area contributed by atoms with E-state index in [-0.39, 0.29) is 0 Å². The number of nitrogens with zero attached hydrogens (tertiary/aromatic N) is 4. The maximum absolute atomic E-state index is 10.3. The Morgan fingerprint density at radius 2 is 2.20 bits per heavy atom. The fraction of sp³-hybridized carbons (Fsp3) is 0.462. The van der Waals surface area contributed by atoms with Gasteiger partial charge in [0.15, 0.2) is 0 Å². The number of hydrogen-bond donors (Lipinski definition) is 1. The summed E-state index contributed by atoms with van der Waals surface area (Å²) in [5, 5.41) is 14.8. The van der Waals surface area contributed by atoms with Gasteiger partial charge >= 0.3 is 0 Å². The van der Waals surface area contributed by atoms with Crippen LogP contribution >= 0.6 is 15.9 Å². The van der Waals surface area contributed by atoms with Gasteiger partial charge in [-0.3, -0.25) is 4.68 Å². The van der Waals surface area contributed by atoms with Crippen LogP contribution < -0.4 is 4.74 Å². The van der Waals surface area contributed by atoms with Gasteiger partial charge in [0.2, 0.25) is 5.88 Å². The topological polar surface area (TPSA) is 73.1 Å². The average molecular weight is 341 g/mol. The van der Waals surface area contributed by atoms with Crippen molar-refractivity contribution in [2.75, 3.05) is 7.11 Å². The summed E-state index contributed by atoms with van der Waals surface area (Å²) in [5.41, 5.74) is 2.40. The summed E-state index contributed by atoms with van der Waals surface area (Å²) >= 11 is 3.52. The lowest BCUT2D eigenvalue weighted by Gasteiger charge is -2.12. The lowest BCUT2D eigenvalue weighted by molar-refractivity contribution is 0.169. The van der Waals surface area contributed by atoms with Gasteiger partial charge in [-0.2, -0.15) is 5.10 Å². The highest BCUT2D eigenvalue weighted by Gasteiger charge is 2.18. The summed E-state index contributed by atoms with van der Waals surface area (Å²) in [6.07, 6.45) is 1.08. The number of aliphatic hydroxyl groups is 1. The number of ether oxygens (including phenoxy) is 1. The monoisotopic (exact) mass is 340 g/mol. The molecule has 1 N–H and O–H groups in total. The van der Waals surface area contributed by atoms with Crippen LogP contribution in [0.15, 0.2) is 16.9 Å². The van der Waals surface area contributed by atoms with Crippen LogP contribution in [0.1, 0.15) is 30.1 Å². The number of aromatic nitrogens is 4. The van der Waals surface area contributed by atoms with Gasteiger partial charge in [-0.1, -0.05) is 0 Å². The van der Waals surface area contributed by atoms with Crippen molar-refractivity contribution in [2.45, 2.75) is 32.9 Å². The van der Waals surface area contributed by atoms with E-state index in [2.05, 4.69) is 31.0 Å². The van der Waals surface area contributed by atoms with Crippen molar-refractivity contribution < 1.29 is 9.84 Å². The Morgan fingerprint density at radius 1 is 1.45 bits per heavy atom. The van der Waals surface area contributed by atoms with Crippen molar-refractivity contribution in [3.63, 3.8) is 0 Å². The number of halogens is 1. The first-order valence-corrected chi connectivity index (χ1v) is 7.11. The summed E-state index contributed by atoms with van der Waals surface area (Å²) in [6.45, 7) is 4.70. The molecule has 20 heavy (non-hydrogen) atoms. The molecule has 6 nitrogen and oxygen atoms in total. The van der Waals surface area contributed by atoms with E-state index >= 15 is 0 Å². The fourth-order valence-electron chi connectivity index (χ4n) is 2.00. The molecule has 2 rings (SSSR count). The highest BCUT2D eigenvalue weighted by molar-refractivity contribution is 9.10. The molecule has 1 atom stereocenters. The maximum Gasteiger partial charge on any atom is 0.216 e. The molecule has 0 fully saturated rings. The molecule has 2 aromatic rings. The zero-order chi connectivity index (χ0) is 14.7. The molecule has 0 radical (unpaired) electrons. The van der Waals surface area contributed by atoms with E-state index < -0.39 is 6.10 Å². The molecule has 0 bridgehead atoms. The molecule has 0 spiro atoms. The van der Waals surface area contributed by atoms with Crippen molar-refractivity contribution in [3.05, 3.63) is 33.9 Å². The van der Waals surface area contributed by atoms with Gasteiger partial charge in [0.05, 0.1) is 28.7 Å². The second kappa shape index (κ2) is 6.32. The predicted molar refractivity (Wildman–Crippen MR) is 77.6 cm³/mol. The Labute approximate surface area is 126 Å². The average Bonchev–Trinajstić information content (AvgIpc) is 2.75. The van der Waals surface area contributed by atoms with Gasteiger partial charge in [-0.15, -0.1) is 0 Å². The van der Waals surface area contributed by atoms with E-state index in [0.717, 1.165) is 22.4 Å². The normalized spacial score (nSPS) is 12.4. The SMILES string of the molecule is CCn1nc(C)c(Br)c1CC(O)c1cc(OC)ncn1. The Balaban J connectivity index is 2.25. The molecule has 0 aliphatic heterocycles. The molecular formula is C13H17BrN4O2. The lowest BCUT2D eigenvalue weighted by Crippen LogP contribution is -2.10. The standard InChI is InChI=1S/C13H17BrN4O2/c1-4-18-10(13(14)8(2)17-18)6-11(19)9-5-12(20-3)16-7-15-9/h5,7,11,19H,4,6H2,1-3H3. The number of rotatable bonds is 5. The Bertz CT molecular complexity index is 600. The summed E-state index contributed by atoms with van der Waals surface area (Å²) in [4.78, 5) is 8.02. The second-order valence-electron chi connectivity index (χ2n) is 4.37. The zero-order valence-corrected chi connectivity index (χ0v) is 13.3. The minimum Gasteiger partial charge on any atom is -0.481 e. The molecule has 2 heterocycles. The number of aryl methyl sites for hydroxylation is 2.